The minimum atomic E-state index is -3.98. The molecule has 1 fully saturated rings. The lowest BCUT2D eigenvalue weighted by atomic mass is 10.2. The van der Waals surface area contributed by atoms with Gasteiger partial charge in [0.15, 0.2) is 5.13 Å². The molecule has 0 unspecified atom stereocenters. The van der Waals surface area contributed by atoms with Crippen LogP contribution in [-0.2, 0) is 10.0 Å². The Hall–Kier alpha value is -2.36. The van der Waals surface area contributed by atoms with Gasteiger partial charge in [0, 0.05) is 18.7 Å². The van der Waals surface area contributed by atoms with Crippen molar-refractivity contribution in [2.45, 2.75) is 31.1 Å². The topological polar surface area (TPSA) is 79.4 Å². The quantitative estimate of drug-likeness (QED) is 0.670. The van der Waals surface area contributed by atoms with Crippen molar-refractivity contribution in [1.82, 2.24) is 9.29 Å². The van der Waals surface area contributed by atoms with Crippen molar-refractivity contribution in [3.8, 4) is 0 Å². The molecule has 0 saturated carbocycles. The number of hydrogen-bond donors (Lipinski definition) is 1. The molecule has 2 heterocycles. The molecule has 29 heavy (non-hydrogen) atoms. The van der Waals surface area contributed by atoms with Crippen molar-refractivity contribution in [2.24, 2.45) is 0 Å². The number of aryl methyl sites for hydroxylation is 1. The maximum atomic E-state index is 14.3. The van der Waals surface area contributed by atoms with Crippen LogP contribution in [0.2, 0.25) is 0 Å². The number of aromatic nitrogens is 1. The number of thiazole rings is 1. The molecule has 0 bridgehead atoms. The summed E-state index contributed by atoms with van der Waals surface area (Å²) < 4.78 is 42.2. The van der Waals surface area contributed by atoms with Crippen LogP contribution in [0, 0.1) is 12.7 Å². The molecular formula is C20H20FN3O3S2. The van der Waals surface area contributed by atoms with E-state index in [0.717, 1.165) is 47.2 Å². The molecule has 3 aromatic rings. The number of carbonyl (C=O) groups is 1. The number of fused-ring (bicyclic) bond motifs is 1. The molecule has 1 amide bonds. The number of sulfonamides is 1. The summed E-state index contributed by atoms with van der Waals surface area (Å²) in [5.41, 5.74) is 1.87. The van der Waals surface area contributed by atoms with E-state index >= 15 is 0 Å². The first-order valence-corrected chi connectivity index (χ1v) is 11.6. The number of nitrogens with zero attached hydrogens (tertiary/aromatic N) is 2. The van der Waals surface area contributed by atoms with E-state index in [-0.39, 0.29) is 5.56 Å². The smallest absolute Gasteiger partial charge is 0.257 e. The van der Waals surface area contributed by atoms with Gasteiger partial charge in [0.25, 0.3) is 5.91 Å². The second kappa shape index (κ2) is 7.81. The van der Waals surface area contributed by atoms with Crippen LogP contribution >= 0.6 is 11.3 Å². The van der Waals surface area contributed by atoms with Gasteiger partial charge in [-0.3, -0.25) is 10.1 Å². The molecule has 9 heteroatoms. The summed E-state index contributed by atoms with van der Waals surface area (Å²) in [6.07, 6.45) is 2.45. The molecule has 1 aromatic heterocycles. The van der Waals surface area contributed by atoms with Gasteiger partial charge in [0.1, 0.15) is 10.7 Å². The molecule has 6 nitrogen and oxygen atoms in total. The Bertz CT molecular complexity index is 1180. The van der Waals surface area contributed by atoms with Crippen LogP contribution in [0.1, 0.15) is 35.2 Å². The first-order valence-electron chi connectivity index (χ1n) is 9.33. The highest BCUT2D eigenvalue weighted by atomic mass is 32.2. The minimum absolute atomic E-state index is 0.0676. The lowest BCUT2D eigenvalue weighted by molar-refractivity contribution is 0.102. The first-order chi connectivity index (χ1) is 13.9. The summed E-state index contributed by atoms with van der Waals surface area (Å²) in [6, 6.07) is 9.17. The van der Waals surface area contributed by atoms with Crippen molar-refractivity contribution in [2.75, 3.05) is 18.4 Å². The number of halogens is 1. The molecule has 0 aliphatic carbocycles. The fraction of sp³-hybridized carbons (Fsp3) is 0.300. The molecule has 1 saturated heterocycles. The number of amides is 1. The van der Waals surface area contributed by atoms with Crippen molar-refractivity contribution in [1.29, 1.82) is 0 Å². The highest BCUT2D eigenvalue weighted by Gasteiger charge is 2.29. The third-order valence-corrected chi connectivity index (χ3v) is 7.82. The Balaban J connectivity index is 1.62. The predicted octanol–water partition coefficient (Wildman–Crippen LogP) is 4.17. The number of benzene rings is 2. The van der Waals surface area contributed by atoms with E-state index in [9.17, 15) is 17.6 Å². The molecule has 0 spiro atoms. The average molecular weight is 434 g/mol. The number of hydrogen-bond acceptors (Lipinski definition) is 5. The molecule has 1 N–H and O–H groups in total. The van der Waals surface area contributed by atoms with Crippen LogP contribution < -0.4 is 5.32 Å². The molecule has 152 valence electrons. The fourth-order valence-corrected chi connectivity index (χ4v) is 5.94. The highest BCUT2D eigenvalue weighted by Crippen LogP contribution is 2.29. The summed E-state index contributed by atoms with van der Waals surface area (Å²) in [4.78, 5) is 16.6. The van der Waals surface area contributed by atoms with Crippen LogP contribution in [0.5, 0.6) is 0 Å². The van der Waals surface area contributed by atoms with Crippen LogP contribution in [0.3, 0.4) is 0 Å². The maximum absolute atomic E-state index is 14.3. The number of rotatable bonds is 4. The molecule has 1 aliphatic heterocycles. The van der Waals surface area contributed by atoms with Crippen molar-refractivity contribution in [3.63, 3.8) is 0 Å². The number of anilines is 1. The van der Waals surface area contributed by atoms with Crippen LogP contribution in [0.25, 0.3) is 10.2 Å². The van der Waals surface area contributed by atoms with E-state index in [2.05, 4.69) is 10.3 Å². The van der Waals surface area contributed by atoms with E-state index < -0.39 is 26.6 Å². The fourth-order valence-electron chi connectivity index (χ4n) is 3.40. The largest absolute Gasteiger partial charge is 0.298 e. The van der Waals surface area contributed by atoms with Gasteiger partial charge >= 0.3 is 0 Å². The Morgan fingerprint density at radius 2 is 1.93 bits per heavy atom. The Kier molecular flexibility index (Phi) is 5.37. The molecule has 0 radical (unpaired) electrons. The Labute approximate surface area is 172 Å². The Morgan fingerprint density at radius 1 is 1.17 bits per heavy atom. The van der Waals surface area contributed by atoms with E-state index in [1.807, 2.05) is 25.1 Å². The van der Waals surface area contributed by atoms with Gasteiger partial charge in [-0.25, -0.2) is 17.8 Å². The van der Waals surface area contributed by atoms with Crippen molar-refractivity contribution in [3.05, 3.63) is 53.3 Å². The number of para-hydroxylation sites is 1. The van der Waals surface area contributed by atoms with Crippen LogP contribution in [-0.4, -0.2) is 36.7 Å². The zero-order valence-corrected chi connectivity index (χ0v) is 17.4. The van der Waals surface area contributed by atoms with Crippen molar-refractivity contribution >= 4 is 42.6 Å². The number of carbonyl (C=O) groups excluding carboxylic acids is 1. The van der Waals surface area contributed by atoms with Gasteiger partial charge in [0.05, 0.1) is 10.2 Å². The van der Waals surface area contributed by atoms with E-state index in [1.54, 1.807) is 0 Å². The maximum Gasteiger partial charge on any atom is 0.257 e. The van der Waals surface area contributed by atoms with E-state index in [0.29, 0.717) is 18.2 Å². The third kappa shape index (κ3) is 3.90. The predicted molar refractivity (Wildman–Crippen MR) is 111 cm³/mol. The number of nitrogens with one attached hydrogen (secondary N) is 1. The molecule has 4 rings (SSSR count). The highest BCUT2D eigenvalue weighted by molar-refractivity contribution is 7.89. The molecule has 1 aliphatic rings. The van der Waals surface area contributed by atoms with Gasteiger partial charge < -0.3 is 0 Å². The van der Waals surface area contributed by atoms with Gasteiger partial charge in [-0.05, 0) is 49.6 Å². The lowest BCUT2D eigenvalue weighted by Gasteiger charge is -2.26. The van der Waals surface area contributed by atoms with Gasteiger partial charge in [0.2, 0.25) is 10.0 Å². The molecule has 2 aromatic carbocycles. The van der Waals surface area contributed by atoms with E-state index in [4.69, 9.17) is 0 Å². The number of piperidine rings is 1. The van der Waals surface area contributed by atoms with Gasteiger partial charge in [-0.15, -0.1) is 0 Å². The second-order valence-corrected chi connectivity index (χ2v) is 9.94. The first kappa shape index (κ1) is 19.9. The summed E-state index contributed by atoms with van der Waals surface area (Å²) in [5.74, 6) is -1.39. The average Bonchev–Trinajstić information content (AvgIpc) is 3.12. The SMILES string of the molecule is Cc1cccc2sc(NC(=O)c3ccc(F)c(S(=O)(=O)N4CCCCC4)c3)nc12. The summed E-state index contributed by atoms with van der Waals surface area (Å²) in [5, 5.41) is 3.10. The zero-order chi connectivity index (χ0) is 20.6. The second-order valence-electron chi connectivity index (χ2n) is 7.00. The summed E-state index contributed by atoms with van der Waals surface area (Å²) >= 11 is 1.33. The third-order valence-electron chi connectivity index (χ3n) is 4.97. The monoisotopic (exact) mass is 433 g/mol. The van der Waals surface area contributed by atoms with Crippen LogP contribution in [0.15, 0.2) is 41.3 Å². The minimum Gasteiger partial charge on any atom is -0.298 e. The zero-order valence-electron chi connectivity index (χ0n) is 15.8. The molecular weight excluding hydrogens is 413 g/mol. The van der Waals surface area contributed by atoms with Gasteiger partial charge in [-0.1, -0.05) is 29.9 Å². The lowest BCUT2D eigenvalue weighted by Crippen LogP contribution is -2.36. The van der Waals surface area contributed by atoms with Crippen molar-refractivity contribution < 1.29 is 17.6 Å². The normalized spacial score (nSPS) is 15.5. The summed E-state index contributed by atoms with van der Waals surface area (Å²) in [6.45, 7) is 2.66. The van der Waals surface area contributed by atoms with Crippen LogP contribution in [0.4, 0.5) is 9.52 Å². The standard InChI is InChI=1S/C20H20FN3O3S2/c1-13-6-5-7-16-18(13)22-20(28-16)23-19(25)14-8-9-15(21)17(12-14)29(26,27)24-10-3-2-4-11-24/h5-9,12H,2-4,10-11H2,1H3,(H,22,23,25). The Morgan fingerprint density at radius 3 is 2.66 bits per heavy atom. The van der Waals surface area contributed by atoms with Gasteiger partial charge in [-0.2, -0.15) is 4.31 Å². The van der Waals surface area contributed by atoms with E-state index in [1.165, 1.54) is 21.7 Å². The summed E-state index contributed by atoms with van der Waals surface area (Å²) in [7, 11) is -3.98. The molecule has 0 atom stereocenters.